The molecule has 0 amide bonds. The van der Waals surface area contributed by atoms with Crippen molar-refractivity contribution in [2.45, 2.75) is 37.9 Å². The first-order valence-corrected chi connectivity index (χ1v) is 6.27. The topological polar surface area (TPSA) is 138 Å². The van der Waals surface area contributed by atoms with Crippen molar-refractivity contribution in [2.24, 2.45) is 5.73 Å². The van der Waals surface area contributed by atoms with E-state index in [0.29, 0.717) is 24.1 Å². The van der Waals surface area contributed by atoms with Crippen LogP contribution in [0.25, 0.3) is 0 Å². The lowest BCUT2D eigenvalue weighted by atomic mass is 10.2. The maximum atomic E-state index is 10.7. The van der Waals surface area contributed by atoms with Crippen LogP contribution < -0.4 is 5.73 Å². The number of rotatable bonds is 6. The van der Waals surface area contributed by atoms with Crippen LogP contribution in [0.15, 0.2) is 6.20 Å². The van der Waals surface area contributed by atoms with Crippen LogP contribution in [-0.2, 0) is 17.8 Å². The summed E-state index contributed by atoms with van der Waals surface area (Å²) in [6.45, 7) is 0.402. The van der Waals surface area contributed by atoms with E-state index in [2.05, 4.69) is 25.8 Å². The molecule has 1 aliphatic rings. The zero-order valence-corrected chi connectivity index (χ0v) is 10.6. The summed E-state index contributed by atoms with van der Waals surface area (Å²) in [4.78, 5) is 10.7. The van der Waals surface area contributed by atoms with Crippen LogP contribution in [0.1, 0.15) is 30.4 Å². The van der Waals surface area contributed by atoms with Crippen LogP contribution in [0.4, 0.5) is 0 Å². The van der Waals surface area contributed by atoms with Crippen LogP contribution in [0, 0.1) is 0 Å². The van der Waals surface area contributed by atoms with E-state index < -0.39 is 12.0 Å². The van der Waals surface area contributed by atoms with Crippen LogP contribution in [-0.4, -0.2) is 52.3 Å². The van der Waals surface area contributed by atoms with Gasteiger partial charge in [-0.25, -0.2) is 9.36 Å². The number of nitrogens with two attached hydrogens (primary N) is 1. The number of aromatic nitrogens is 7. The molecule has 0 saturated heterocycles. The lowest BCUT2D eigenvalue weighted by Gasteiger charge is -2.02. The summed E-state index contributed by atoms with van der Waals surface area (Å²) >= 11 is 0. The van der Waals surface area contributed by atoms with Crippen molar-refractivity contribution in [1.29, 1.82) is 0 Å². The van der Waals surface area contributed by atoms with E-state index in [9.17, 15) is 4.79 Å². The second kappa shape index (κ2) is 4.96. The number of carboxylic acids is 1. The molecule has 1 saturated carbocycles. The quantitative estimate of drug-likeness (QED) is 0.658. The molecule has 0 radical (unpaired) electrons. The summed E-state index contributed by atoms with van der Waals surface area (Å²) in [6, 6.07) is -0.583. The minimum absolute atomic E-state index is 0.142. The lowest BCUT2D eigenvalue weighted by Crippen LogP contribution is -2.32. The first-order valence-electron chi connectivity index (χ1n) is 6.27. The highest BCUT2D eigenvalue weighted by atomic mass is 16.4. The largest absolute Gasteiger partial charge is 0.480 e. The fraction of sp³-hybridized carbons (Fsp3) is 0.600. The molecule has 1 fully saturated rings. The predicted octanol–water partition coefficient (Wildman–Crippen LogP) is -1.40. The van der Waals surface area contributed by atoms with E-state index >= 15 is 0 Å². The summed E-state index contributed by atoms with van der Waals surface area (Å²) in [5, 5.41) is 28.2. The Morgan fingerprint density at radius 3 is 2.95 bits per heavy atom. The summed E-state index contributed by atoms with van der Waals surface area (Å²) in [5.74, 6) is -0.344. The SMILES string of the molecule is NC(Cc1cn(Cc2nnnn2C2CC2)nn1)C(=O)O. The molecule has 2 heterocycles. The van der Waals surface area contributed by atoms with Gasteiger partial charge in [-0.15, -0.1) is 10.2 Å². The zero-order valence-electron chi connectivity index (χ0n) is 10.6. The van der Waals surface area contributed by atoms with Crippen LogP contribution in [0.5, 0.6) is 0 Å². The standard InChI is InChI=1S/C10H14N8O2/c11-8(10(19)20)3-6-4-17(15-12-6)5-9-13-14-16-18(9)7-1-2-7/h4,7-8H,1-3,5,11H2,(H,19,20). The second-order valence-corrected chi connectivity index (χ2v) is 4.83. The van der Waals surface area contributed by atoms with E-state index in [1.165, 1.54) is 0 Å². The molecule has 2 aromatic heterocycles. The first-order chi connectivity index (χ1) is 9.63. The summed E-state index contributed by atoms with van der Waals surface area (Å²) in [7, 11) is 0. The number of tetrazole rings is 1. The number of carboxylic acid groups (broad SMARTS) is 1. The van der Waals surface area contributed by atoms with Gasteiger partial charge in [0.15, 0.2) is 5.82 Å². The molecule has 3 rings (SSSR count). The molecule has 0 bridgehead atoms. The highest BCUT2D eigenvalue weighted by Gasteiger charge is 2.27. The van der Waals surface area contributed by atoms with Crippen LogP contribution >= 0.6 is 0 Å². The van der Waals surface area contributed by atoms with Gasteiger partial charge in [0, 0.05) is 12.6 Å². The summed E-state index contributed by atoms with van der Waals surface area (Å²) in [5.41, 5.74) is 5.99. The van der Waals surface area contributed by atoms with E-state index in [-0.39, 0.29) is 6.42 Å². The lowest BCUT2D eigenvalue weighted by molar-refractivity contribution is -0.138. The Morgan fingerprint density at radius 2 is 2.25 bits per heavy atom. The third-order valence-corrected chi connectivity index (χ3v) is 3.09. The number of nitrogens with zero attached hydrogens (tertiary/aromatic N) is 7. The first kappa shape index (κ1) is 12.7. The number of hydrogen-bond acceptors (Lipinski definition) is 7. The molecule has 106 valence electrons. The van der Waals surface area contributed by atoms with Gasteiger partial charge in [0.05, 0.1) is 11.7 Å². The van der Waals surface area contributed by atoms with Gasteiger partial charge in [-0.1, -0.05) is 5.21 Å². The smallest absolute Gasteiger partial charge is 0.320 e. The number of hydrogen-bond donors (Lipinski definition) is 2. The fourth-order valence-electron chi connectivity index (χ4n) is 1.89. The molecule has 0 spiro atoms. The van der Waals surface area contributed by atoms with Crippen LogP contribution in [0.2, 0.25) is 0 Å². The normalized spacial score (nSPS) is 16.2. The Labute approximate surface area is 113 Å². The van der Waals surface area contributed by atoms with Gasteiger partial charge in [-0.3, -0.25) is 4.79 Å². The molecule has 20 heavy (non-hydrogen) atoms. The molecule has 10 nitrogen and oxygen atoms in total. The van der Waals surface area contributed by atoms with Gasteiger partial charge in [0.2, 0.25) is 0 Å². The third kappa shape index (κ3) is 2.64. The van der Waals surface area contributed by atoms with Crippen molar-refractivity contribution in [2.75, 3.05) is 0 Å². The third-order valence-electron chi connectivity index (χ3n) is 3.09. The molecule has 10 heteroatoms. The average Bonchev–Trinajstić information content (AvgIpc) is 3.00. The van der Waals surface area contributed by atoms with Crippen molar-refractivity contribution in [3.05, 3.63) is 17.7 Å². The Bertz CT molecular complexity index is 616. The summed E-state index contributed by atoms with van der Waals surface area (Å²) < 4.78 is 3.37. The molecule has 1 unspecified atom stereocenters. The van der Waals surface area contributed by atoms with Gasteiger partial charge < -0.3 is 10.8 Å². The van der Waals surface area contributed by atoms with Gasteiger partial charge in [0.1, 0.15) is 12.6 Å². The van der Waals surface area contributed by atoms with E-state index in [1.807, 2.05) is 0 Å². The number of aliphatic carboxylic acids is 1. The molecule has 2 aromatic rings. The molecular weight excluding hydrogens is 264 g/mol. The molecule has 1 atom stereocenters. The monoisotopic (exact) mass is 278 g/mol. The number of carbonyl (C=O) groups is 1. The van der Waals surface area contributed by atoms with Gasteiger partial charge >= 0.3 is 5.97 Å². The minimum atomic E-state index is -1.06. The van der Waals surface area contributed by atoms with Crippen molar-refractivity contribution in [3.8, 4) is 0 Å². The Kier molecular flexibility index (Phi) is 3.14. The van der Waals surface area contributed by atoms with Gasteiger partial charge in [-0.2, -0.15) is 0 Å². The molecule has 0 aromatic carbocycles. The van der Waals surface area contributed by atoms with Crippen molar-refractivity contribution < 1.29 is 9.90 Å². The predicted molar refractivity (Wildman–Crippen MR) is 64.5 cm³/mol. The average molecular weight is 278 g/mol. The minimum Gasteiger partial charge on any atom is -0.480 e. The highest BCUT2D eigenvalue weighted by molar-refractivity contribution is 5.73. The van der Waals surface area contributed by atoms with E-state index in [1.54, 1.807) is 15.6 Å². The summed E-state index contributed by atoms with van der Waals surface area (Å²) in [6.07, 6.45) is 3.99. The Hall–Kier alpha value is -2.36. The Balaban J connectivity index is 1.67. The van der Waals surface area contributed by atoms with E-state index in [4.69, 9.17) is 10.8 Å². The van der Waals surface area contributed by atoms with E-state index in [0.717, 1.165) is 12.8 Å². The zero-order chi connectivity index (χ0) is 14.1. The highest BCUT2D eigenvalue weighted by Crippen LogP contribution is 2.34. The van der Waals surface area contributed by atoms with Gasteiger partial charge in [-0.05, 0) is 23.3 Å². The van der Waals surface area contributed by atoms with Crippen molar-refractivity contribution in [3.63, 3.8) is 0 Å². The van der Waals surface area contributed by atoms with Crippen LogP contribution in [0.3, 0.4) is 0 Å². The maximum absolute atomic E-state index is 10.7. The Morgan fingerprint density at radius 1 is 1.45 bits per heavy atom. The van der Waals surface area contributed by atoms with Crippen molar-refractivity contribution in [1.82, 2.24) is 35.2 Å². The molecule has 0 aliphatic heterocycles. The molecule has 1 aliphatic carbocycles. The fourth-order valence-corrected chi connectivity index (χ4v) is 1.89. The van der Waals surface area contributed by atoms with Crippen molar-refractivity contribution >= 4 is 5.97 Å². The second-order valence-electron chi connectivity index (χ2n) is 4.83. The molecular formula is C10H14N8O2. The van der Waals surface area contributed by atoms with Gasteiger partial charge in [0.25, 0.3) is 0 Å². The molecule has 3 N–H and O–H groups in total. The maximum Gasteiger partial charge on any atom is 0.320 e.